The fourth-order valence-corrected chi connectivity index (χ4v) is 0.982. The summed E-state index contributed by atoms with van der Waals surface area (Å²) in [5, 5.41) is 0. The minimum Gasteiger partial charge on any atom is -0.207 e. The number of benzene rings is 1. The molecule has 0 heterocycles. The van der Waals surface area contributed by atoms with Crippen LogP contribution in [0, 0.1) is 11.6 Å². The lowest BCUT2D eigenvalue weighted by molar-refractivity contribution is 0.0378. The minimum atomic E-state index is -3.40. The van der Waals surface area contributed by atoms with Gasteiger partial charge in [-0.25, -0.2) is 8.78 Å². The van der Waals surface area contributed by atoms with Gasteiger partial charge in [0.1, 0.15) is 11.6 Å². The number of hydrogen-bond acceptors (Lipinski definition) is 0. The third kappa shape index (κ3) is 1.95. The van der Waals surface area contributed by atoms with Gasteiger partial charge in [-0.15, -0.1) is 0 Å². The van der Waals surface area contributed by atoms with Crippen LogP contribution in [-0.4, -0.2) is 0 Å². The van der Waals surface area contributed by atoms with Crippen molar-refractivity contribution in [2.24, 2.45) is 0 Å². The van der Waals surface area contributed by atoms with E-state index in [1.165, 1.54) is 0 Å². The van der Waals surface area contributed by atoms with Crippen LogP contribution in [0.15, 0.2) is 30.4 Å². The lowest BCUT2D eigenvalue weighted by atomic mass is 10.0. The number of rotatable bonds is 2. The summed E-state index contributed by atoms with van der Waals surface area (Å²) in [5.74, 6) is -5.45. The highest BCUT2D eigenvalue weighted by molar-refractivity contribution is 5.28. The Morgan fingerprint density at radius 3 is 1.93 bits per heavy atom. The van der Waals surface area contributed by atoms with Gasteiger partial charge >= 0.3 is 0 Å². The highest BCUT2D eigenvalue weighted by Gasteiger charge is 2.33. The van der Waals surface area contributed by atoms with Gasteiger partial charge in [0, 0.05) is 11.6 Å². The van der Waals surface area contributed by atoms with Crippen molar-refractivity contribution in [1.29, 1.82) is 0 Å². The van der Waals surface area contributed by atoms with E-state index in [0.717, 1.165) is 6.92 Å². The topological polar surface area (TPSA) is 0 Å². The van der Waals surface area contributed by atoms with Gasteiger partial charge in [0.2, 0.25) is 0 Å². The predicted molar refractivity (Wildman–Crippen MR) is 45.1 cm³/mol. The summed E-state index contributed by atoms with van der Waals surface area (Å²) in [6.45, 7) is 4.17. The molecule has 0 spiro atoms. The molecule has 0 fully saturated rings. The zero-order chi connectivity index (χ0) is 10.9. The van der Waals surface area contributed by atoms with Crippen molar-refractivity contribution >= 4 is 0 Å². The Bertz CT molecular complexity index is 348. The molecule has 1 aromatic rings. The molecule has 0 nitrogen and oxygen atoms in total. The first-order chi connectivity index (χ1) is 6.34. The Kier molecular flexibility index (Phi) is 2.64. The number of halogens is 4. The Morgan fingerprint density at radius 1 is 1.14 bits per heavy atom. The molecule has 76 valence electrons. The molecule has 0 aromatic heterocycles. The summed E-state index contributed by atoms with van der Waals surface area (Å²) >= 11 is 0. The molecule has 0 amide bonds. The maximum absolute atomic E-state index is 13.2. The fraction of sp³-hybridized carbons (Fsp3) is 0.200. The zero-order valence-electron chi connectivity index (χ0n) is 7.45. The third-order valence-electron chi connectivity index (χ3n) is 1.76. The summed E-state index contributed by atoms with van der Waals surface area (Å²) in [6.07, 6.45) is 0. The van der Waals surface area contributed by atoms with E-state index in [0.29, 0.717) is 18.2 Å². The van der Waals surface area contributed by atoms with Gasteiger partial charge in [-0.1, -0.05) is 6.58 Å². The maximum atomic E-state index is 13.2. The van der Waals surface area contributed by atoms with Crippen molar-refractivity contribution in [2.75, 3.05) is 0 Å². The second-order valence-corrected chi connectivity index (χ2v) is 3.01. The first-order valence-electron chi connectivity index (χ1n) is 3.84. The summed E-state index contributed by atoms with van der Waals surface area (Å²) < 4.78 is 51.6. The van der Waals surface area contributed by atoms with Crippen molar-refractivity contribution in [3.05, 3.63) is 47.5 Å². The Labute approximate surface area is 78.9 Å². The standard InChI is InChI=1S/C10H8F4/c1-6(2)10(13,14)7-3-8(11)5-9(12)4-7/h3-5H,1H2,2H3. The van der Waals surface area contributed by atoms with Gasteiger partial charge in [-0.3, -0.25) is 0 Å². The van der Waals surface area contributed by atoms with E-state index in [2.05, 4.69) is 6.58 Å². The molecule has 1 aromatic carbocycles. The average molecular weight is 204 g/mol. The molecule has 0 radical (unpaired) electrons. The quantitative estimate of drug-likeness (QED) is 0.509. The smallest absolute Gasteiger partial charge is 0.207 e. The molecule has 0 saturated heterocycles. The molecule has 0 saturated carbocycles. The van der Waals surface area contributed by atoms with Crippen LogP contribution in [0.3, 0.4) is 0 Å². The third-order valence-corrected chi connectivity index (χ3v) is 1.76. The molecule has 14 heavy (non-hydrogen) atoms. The second kappa shape index (κ2) is 3.44. The largest absolute Gasteiger partial charge is 0.294 e. The number of hydrogen-bond donors (Lipinski definition) is 0. The lowest BCUT2D eigenvalue weighted by Crippen LogP contribution is -2.14. The fourth-order valence-electron chi connectivity index (χ4n) is 0.982. The van der Waals surface area contributed by atoms with Crippen LogP contribution in [-0.2, 0) is 5.92 Å². The molecule has 1 rings (SSSR count). The zero-order valence-corrected chi connectivity index (χ0v) is 7.45. The molecule has 0 aliphatic carbocycles. The van der Waals surface area contributed by atoms with E-state index < -0.39 is 28.7 Å². The SMILES string of the molecule is C=C(C)C(F)(F)c1cc(F)cc(F)c1. The van der Waals surface area contributed by atoms with Crippen LogP contribution in [0.4, 0.5) is 17.6 Å². The normalized spacial score (nSPS) is 11.5. The van der Waals surface area contributed by atoms with E-state index in [-0.39, 0.29) is 0 Å². The van der Waals surface area contributed by atoms with Crippen LogP contribution in [0.5, 0.6) is 0 Å². The van der Waals surface area contributed by atoms with Gasteiger partial charge in [-0.2, -0.15) is 8.78 Å². The van der Waals surface area contributed by atoms with Crippen LogP contribution in [0.1, 0.15) is 12.5 Å². The van der Waals surface area contributed by atoms with Gasteiger partial charge in [0.15, 0.2) is 0 Å². The van der Waals surface area contributed by atoms with Gasteiger partial charge in [0.25, 0.3) is 5.92 Å². The summed E-state index contributed by atoms with van der Waals surface area (Å²) in [5.41, 5.74) is -1.18. The van der Waals surface area contributed by atoms with Gasteiger partial charge in [0.05, 0.1) is 0 Å². The molecule has 0 N–H and O–H groups in total. The van der Waals surface area contributed by atoms with Crippen molar-refractivity contribution in [2.45, 2.75) is 12.8 Å². The van der Waals surface area contributed by atoms with Gasteiger partial charge < -0.3 is 0 Å². The Balaban J connectivity index is 3.25. The predicted octanol–water partition coefficient (Wildman–Crippen LogP) is 3.63. The van der Waals surface area contributed by atoms with E-state index in [1.807, 2.05) is 0 Å². The van der Waals surface area contributed by atoms with Crippen molar-refractivity contribution in [1.82, 2.24) is 0 Å². The average Bonchev–Trinajstić information content (AvgIpc) is 2.01. The summed E-state index contributed by atoms with van der Waals surface area (Å²) in [6, 6.07) is 1.73. The first-order valence-corrected chi connectivity index (χ1v) is 3.84. The van der Waals surface area contributed by atoms with E-state index in [1.54, 1.807) is 0 Å². The summed E-state index contributed by atoms with van der Waals surface area (Å²) in [7, 11) is 0. The monoisotopic (exact) mass is 204 g/mol. The molecule has 0 aliphatic heterocycles. The van der Waals surface area contributed by atoms with Gasteiger partial charge in [-0.05, 0) is 24.6 Å². The molecular formula is C10H8F4. The lowest BCUT2D eigenvalue weighted by Gasteiger charge is -2.16. The first kappa shape index (κ1) is 10.8. The Hall–Kier alpha value is -1.32. The highest BCUT2D eigenvalue weighted by atomic mass is 19.3. The van der Waals surface area contributed by atoms with E-state index in [9.17, 15) is 17.6 Å². The Morgan fingerprint density at radius 2 is 1.57 bits per heavy atom. The highest BCUT2D eigenvalue weighted by Crippen LogP contribution is 2.34. The van der Waals surface area contributed by atoms with Crippen LogP contribution < -0.4 is 0 Å². The second-order valence-electron chi connectivity index (χ2n) is 3.01. The molecule has 0 atom stereocenters. The van der Waals surface area contributed by atoms with Crippen molar-refractivity contribution in [3.8, 4) is 0 Å². The molecular weight excluding hydrogens is 196 g/mol. The summed E-state index contributed by atoms with van der Waals surface area (Å²) in [4.78, 5) is 0. The number of allylic oxidation sites excluding steroid dienone is 1. The maximum Gasteiger partial charge on any atom is 0.294 e. The molecule has 0 unspecified atom stereocenters. The van der Waals surface area contributed by atoms with E-state index in [4.69, 9.17) is 0 Å². The van der Waals surface area contributed by atoms with Crippen LogP contribution in [0.25, 0.3) is 0 Å². The number of alkyl halides is 2. The van der Waals surface area contributed by atoms with Crippen LogP contribution >= 0.6 is 0 Å². The van der Waals surface area contributed by atoms with Crippen LogP contribution in [0.2, 0.25) is 0 Å². The van der Waals surface area contributed by atoms with Crippen molar-refractivity contribution in [3.63, 3.8) is 0 Å². The van der Waals surface area contributed by atoms with E-state index >= 15 is 0 Å². The minimum absolute atomic E-state index is 0.456. The van der Waals surface area contributed by atoms with Crippen molar-refractivity contribution < 1.29 is 17.6 Å². The molecule has 4 heteroatoms. The molecule has 0 aliphatic rings. The molecule has 0 bridgehead atoms.